The first-order valence-corrected chi connectivity index (χ1v) is 9.66. The van der Waals surface area contributed by atoms with Crippen molar-refractivity contribution in [3.63, 3.8) is 0 Å². The van der Waals surface area contributed by atoms with E-state index in [-0.39, 0.29) is 13.2 Å². The standard InChI is InChI=1S/C22H19ClN4O4/c23-17-10-15(2-1-6-24)11-18(13-17)31-19-4-3-16(14-25)12-20(19)30-9-8-27-7-5-21(28)26-22(27)29/h1-5,7,10-13H,8-9,14,25H2,(H,26,28,29)/b2-1+. The summed E-state index contributed by atoms with van der Waals surface area (Å²) < 4.78 is 13.1. The Morgan fingerprint density at radius 2 is 2.00 bits per heavy atom. The van der Waals surface area contributed by atoms with Gasteiger partial charge in [0.05, 0.1) is 12.6 Å². The van der Waals surface area contributed by atoms with Crippen LogP contribution < -0.4 is 26.5 Å². The highest BCUT2D eigenvalue weighted by atomic mass is 35.5. The van der Waals surface area contributed by atoms with E-state index < -0.39 is 11.2 Å². The number of halogens is 1. The zero-order valence-electron chi connectivity index (χ0n) is 16.4. The number of nitrogens with two attached hydrogens (primary N) is 1. The molecule has 3 rings (SSSR count). The summed E-state index contributed by atoms with van der Waals surface area (Å²) in [4.78, 5) is 25.2. The van der Waals surface area contributed by atoms with Crippen LogP contribution in [0.1, 0.15) is 11.1 Å². The number of rotatable bonds is 8. The molecule has 0 aliphatic carbocycles. The van der Waals surface area contributed by atoms with Crippen LogP contribution in [0.15, 0.2) is 64.3 Å². The summed E-state index contributed by atoms with van der Waals surface area (Å²) in [6.45, 7) is 0.695. The predicted octanol–water partition coefficient (Wildman–Crippen LogP) is 3.06. The quantitative estimate of drug-likeness (QED) is 0.521. The molecule has 0 fully saturated rings. The van der Waals surface area contributed by atoms with Crippen molar-refractivity contribution < 1.29 is 9.47 Å². The van der Waals surface area contributed by atoms with E-state index in [1.54, 1.807) is 36.4 Å². The first-order valence-electron chi connectivity index (χ1n) is 9.28. The molecule has 3 N–H and O–H groups in total. The number of aromatic nitrogens is 2. The van der Waals surface area contributed by atoms with Gasteiger partial charge in [0, 0.05) is 29.9 Å². The predicted molar refractivity (Wildman–Crippen MR) is 117 cm³/mol. The maximum atomic E-state index is 11.8. The van der Waals surface area contributed by atoms with Crippen LogP contribution in [0, 0.1) is 11.3 Å². The van der Waals surface area contributed by atoms with Crippen LogP contribution in [0.25, 0.3) is 6.08 Å². The largest absolute Gasteiger partial charge is 0.488 e. The molecule has 1 heterocycles. The van der Waals surface area contributed by atoms with Gasteiger partial charge in [-0.3, -0.25) is 14.3 Å². The Balaban J connectivity index is 1.81. The molecular formula is C22H19ClN4O4. The zero-order valence-corrected chi connectivity index (χ0v) is 17.1. The third-order valence-corrected chi connectivity index (χ3v) is 4.42. The second-order valence-electron chi connectivity index (χ2n) is 6.42. The molecule has 0 bridgehead atoms. The molecule has 8 nitrogen and oxygen atoms in total. The molecule has 1 aromatic heterocycles. The third-order valence-electron chi connectivity index (χ3n) is 4.20. The molecule has 0 spiro atoms. The number of nitriles is 1. The molecule has 3 aromatic rings. The number of nitrogens with one attached hydrogen (secondary N) is 1. The van der Waals surface area contributed by atoms with Gasteiger partial charge in [-0.05, 0) is 47.5 Å². The number of ether oxygens (including phenoxy) is 2. The Morgan fingerprint density at radius 3 is 2.74 bits per heavy atom. The van der Waals surface area contributed by atoms with Crippen molar-refractivity contribution in [3.05, 3.63) is 91.7 Å². The van der Waals surface area contributed by atoms with E-state index in [0.717, 1.165) is 5.56 Å². The fraction of sp³-hybridized carbons (Fsp3) is 0.136. The van der Waals surface area contributed by atoms with E-state index in [2.05, 4.69) is 4.98 Å². The van der Waals surface area contributed by atoms with Crippen LogP contribution in [-0.4, -0.2) is 16.2 Å². The molecule has 2 aromatic carbocycles. The molecule has 31 heavy (non-hydrogen) atoms. The summed E-state index contributed by atoms with van der Waals surface area (Å²) in [6.07, 6.45) is 4.37. The van der Waals surface area contributed by atoms with Crippen molar-refractivity contribution in [2.24, 2.45) is 5.73 Å². The fourth-order valence-electron chi connectivity index (χ4n) is 2.75. The number of allylic oxidation sites excluding steroid dienone is 1. The topological polar surface area (TPSA) is 123 Å². The molecule has 158 valence electrons. The van der Waals surface area contributed by atoms with Gasteiger partial charge in [-0.15, -0.1) is 0 Å². The van der Waals surface area contributed by atoms with Crippen molar-refractivity contribution in [1.29, 1.82) is 5.26 Å². The van der Waals surface area contributed by atoms with Crippen LogP contribution in [-0.2, 0) is 13.1 Å². The lowest BCUT2D eigenvalue weighted by atomic mass is 10.2. The van der Waals surface area contributed by atoms with Gasteiger partial charge >= 0.3 is 5.69 Å². The first-order chi connectivity index (χ1) is 15.0. The zero-order chi connectivity index (χ0) is 22.2. The van der Waals surface area contributed by atoms with E-state index in [0.29, 0.717) is 34.4 Å². The van der Waals surface area contributed by atoms with Crippen LogP contribution in [0.4, 0.5) is 0 Å². The van der Waals surface area contributed by atoms with Crippen LogP contribution in [0.2, 0.25) is 5.02 Å². The highest BCUT2D eigenvalue weighted by Gasteiger charge is 2.10. The maximum absolute atomic E-state index is 11.8. The Morgan fingerprint density at radius 1 is 1.16 bits per heavy atom. The number of hydrogen-bond acceptors (Lipinski definition) is 6. The van der Waals surface area contributed by atoms with Crippen molar-refractivity contribution in [2.45, 2.75) is 13.1 Å². The summed E-state index contributed by atoms with van der Waals surface area (Å²) in [5.41, 5.74) is 6.31. The summed E-state index contributed by atoms with van der Waals surface area (Å²) in [5, 5.41) is 9.17. The lowest BCUT2D eigenvalue weighted by Gasteiger charge is -2.15. The molecular weight excluding hydrogens is 420 g/mol. The number of nitrogens with zero attached hydrogens (tertiary/aromatic N) is 2. The Bertz CT molecular complexity index is 1260. The lowest BCUT2D eigenvalue weighted by molar-refractivity contribution is 0.283. The van der Waals surface area contributed by atoms with Crippen molar-refractivity contribution in [3.8, 4) is 23.3 Å². The maximum Gasteiger partial charge on any atom is 0.328 e. The summed E-state index contributed by atoms with van der Waals surface area (Å²) in [6, 6.07) is 13.6. The van der Waals surface area contributed by atoms with Crippen molar-refractivity contribution in [1.82, 2.24) is 9.55 Å². The molecule has 0 amide bonds. The first kappa shape index (κ1) is 21.9. The van der Waals surface area contributed by atoms with Gasteiger partial charge in [-0.2, -0.15) is 5.26 Å². The smallest absolute Gasteiger partial charge is 0.328 e. The van der Waals surface area contributed by atoms with Gasteiger partial charge in [0.2, 0.25) is 0 Å². The minimum absolute atomic E-state index is 0.155. The normalized spacial score (nSPS) is 10.7. The minimum Gasteiger partial charge on any atom is -0.488 e. The number of benzene rings is 2. The molecule has 0 radical (unpaired) electrons. The van der Waals surface area contributed by atoms with E-state index >= 15 is 0 Å². The Hall–Kier alpha value is -3.80. The third kappa shape index (κ3) is 6.09. The number of aromatic amines is 1. The summed E-state index contributed by atoms with van der Waals surface area (Å²) in [7, 11) is 0. The average Bonchev–Trinajstić information content (AvgIpc) is 2.74. The molecule has 0 aliphatic heterocycles. The van der Waals surface area contributed by atoms with Crippen LogP contribution in [0.3, 0.4) is 0 Å². The average molecular weight is 439 g/mol. The van der Waals surface area contributed by atoms with Crippen molar-refractivity contribution >= 4 is 17.7 Å². The molecule has 9 heteroatoms. The van der Waals surface area contributed by atoms with Gasteiger partial charge in [-0.1, -0.05) is 17.7 Å². The van der Waals surface area contributed by atoms with Crippen molar-refractivity contribution in [2.75, 3.05) is 6.61 Å². The second kappa shape index (κ2) is 10.3. The molecule has 0 atom stereocenters. The van der Waals surface area contributed by atoms with Gasteiger partial charge in [0.15, 0.2) is 11.5 Å². The van der Waals surface area contributed by atoms with E-state index in [4.69, 9.17) is 32.1 Å². The number of H-pyrrole nitrogens is 1. The molecule has 0 unspecified atom stereocenters. The molecule has 0 saturated carbocycles. The summed E-state index contributed by atoms with van der Waals surface area (Å²) >= 11 is 6.16. The van der Waals surface area contributed by atoms with Crippen LogP contribution in [0.5, 0.6) is 17.2 Å². The molecule has 0 saturated heterocycles. The van der Waals surface area contributed by atoms with Crippen LogP contribution >= 0.6 is 11.6 Å². The van der Waals surface area contributed by atoms with Gasteiger partial charge in [0.25, 0.3) is 5.56 Å². The van der Waals surface area contributed by atoms with Gasteiger partial charge < -0.3 is 15.2 Å². The second-order valence-corrected chi connectivity index (χ2v) is 6.86. The highest BCUT2D eigenvalue weighted by molar-refractivity contribution is 6.30. The Kier molecular flexibility index (Phi) is 7.27. The molecule has 0 aliphatic rings. The monoisotopic (exact) mass is 438 g/mol. The highest BCUT2D eigenvalue weighted by Crippen LogP contribution is 2.34. The summed E-state index contributed by atoms with van der Waals surface area (Å²) in [5.74, 6) is 1.34. The van der Waals surface area contributed by atoms with E-state index in [1.807, 2.05) is 12.1 Å². The Labute approximate surface area is 182 Å². The minimum atomic E-state index is -0.514. The van der Waals surface area contributed by atoms with E-state index in [9.17, 15) is 9.59 Å². The van der Waals surface area contributed by atoms with E-state index in [1.165, 1.54) is 22.9 Å². The number of hydrogen-bond donors (Lipinski definition) is 2. The van der Waals surface area contributed by atoms with Gasteiger partial charge in [0.1, 0.15) is 12.4 Å². The SMILES string of the molecule is N#C/C=C/c1cc(Cl)cc(Oc2ccc(CN)cc2OCCn2ccc(=O)[nH]c2=O)c1. The van der Waals surface area contributed by atoms with Gasteiger partial charge in [-0.25, -0.2) is 4.79 Å². The lowest BCUT2D eigenvalue weighted by Crippen LogP contribution is -2.30. The fourth-order valence-corrected chi connectivity index (χ4v) is 2.98.